The molecule has 2 fully saturated rings. The van der Waals surface area contributed by atoms with E-state index < -0.39 is 23.5 Å². The Bertz CT molecular complexity index is 947. The Hall–Kier alpha value is -2.65. The number of halogens is 6. The summed E-state index contributed by atoms with van der Waals surface area (Å²) in [5, 5.41) is 0. The second-order valence-electron chi connectivity index (χ2n) is 8.41. The summed E-state index contributed by atoms with van der Waals surface area (Å²) in [5.41, 5.74) is -1.59. The van der Waals surface area contributed by atoms with Crippen molar-refractivity contribution in [3.8, 4) is 11.5 Å². The third-order valence-corrected chi connectivity index (χ3v) is 6.06. The molecule has 0 aliphatic carbocycles. The number of ether oxygens (including phenoxy) is 2. The maximum absolute atomic E-state index is 13.1. The summed E-state index contributed by atoms with van der Waals surface area (Å²) in [5.74, 6) is 0.822. The van der Waals surface area contributed by atoms with Gasteiger partial charge in [0.2, 0.25) is 0 Å². The molecule has 4 rings (SSSR count). The van der Waals surface area contributed by atoms with E-state index >= 15 is 0 Å². The monoisotopic (exact) mass is 474 g/mol. The quantitative estimate of drug-likeness (QED) is 0.449. The van der Waals surface area contributed by atoms with Crippen molar-refractivity contribution in [2.75, 3.05) is 11.5 Å². The molecule has 4 nitrogen and oxygen atoms in total. The smallest absolute Gasteiger partial charge is 0.417 e. The van der Waals surface area contributed by atoms with Crippen LogP contribution in [-0.4, -0.2) is 29.8 Å². The number of benzene rings is 1. The number of pyridine rings is 1. The zero-order valence-corrected chi connectivity index (χ0v) is 17.9. The summed E-state index contributed by atoms with van der Waals surface area (Å²) < 4.78 is 89.5. The number of alkyl halides is 6. The van der Waals surface area contributed by atoms with Crippen LogP contribution >= 0.6 is 0 Å². The fourth-order valence-electron chi connectivity index (χ4n) is 4.59. The number of nitrogens with zero attached hydrogens (tertiary/aromatic N) is 2. The average Bonchev–Trinajstić information content (AvgIpc) is 3.02. The minimum atomic E-state index is -4.48. The van der Waals surface area contributed by atoms with Crippen LogP contribution < -0.4 is 14.4 Å². The largest absolute Gasteiger partial charge is 0.490 e. The first-order valence-corrected chi connectivity index (χ1v) is 10.9. The molecule has 10 heteroatoms. The van der Waals surface area contributed by atoms with Crippen LogP contribution in [0.15, 0.2) is 36.5 Å². The Morgan fingerprint density at radius 2 is 1.55 bits per heavy atom. The van der Waals surface area contributed by atoms with Gasteiger partial charge in [0, 0.05) is 31.1 Å². The van der Waals surface area contributed by atoms with Gasteiger partial charge in [-0.2, -0.15) is 26.3 Å². The molecule has 0 amide bonds. The van der Waals surface area contributed by atoms with E-state index in [0.29, 0.717) is 25.1 Å². The highest BCUT2D eigenvalue weighted by atomic mass is 19.4. The SMILES string of the molecule is CCCOc1cc(C(F)(F)F)ccc1OC1CC2CC[C@@H](C1)N2c1ccc(C(F)(F)F)cn1. The van der Waals surface area contributed by atoms with Gasteiger partial charge in [-0.15, -0.1) is 0 Å². The van der Waals surface area contributed by atoms with Crippen LogP contribution in [-0.2, 0) is 12.4 Å². The molecule has 0 saturated carbocycles. The summed E-state index contributed by atoms with van der Waals surface area (Å²) in [7, 11) is 0. The van der Waals surface area contributed by atoms with Crippen molar-refractivity contribution in [3.63, 3.8) is 0 Å². The van der Waals surface area contributed by atoms with Gasteiger partial charge in [-0.1, -0.05) is 6.92 Å². The van der Waals surface area contributed by atoms with Gasteiger partial charge in [0.1, 0.15) is 11.9 Å². The molecular weight excluding hydrogens is 450 g/mol. The molecule has 2 bridgehead atoms. The van der Waals surface area contributed by atoms with Crippen molar-refractivity contribution in [1.29, 1.82) is 0 Å². The molecule has 180 valence electrons. The molecular formula is C23H24F6N2O2. The Kier molecular flexibility index (Phi) is 6.37. The minimum absolute atomic E-state index is 0.0347. The zero-order valence-electron chi connectivity index (χ0n) is 17.9. The van der Waals surface area contributed by atoms with Crippen molar-refractivity contribution in [2.24, 2.45) is 0 Å². The Labute approximate surface area is 187 Å². The number of fused-ring (bicyclic) bond motifs is 2. The van der Waals surface area contributed by atoms with Crippen molar-refractivity contribution in [1.82, 2.24) is 4.98 Å². The molecule has 1 aromatic heterocycles. The standard InChI is InChI=1S/C23H24F6N2O2/c1-2-9-32-20-10-14(22(24,25)26)3-7-19(20)33-18-11-16-5-6-17(12-18)31(16)21-8-4-15(13-30-21)23(27,28)29/h3-4,7-8,10,13,16-18H,2,5-6,9,11-12H2,1H3/t16-,17?,18?/m0/s1. The molecule has 0 spiro atoms. The predicted molar refractivity (Wildman–Crippen MR) is 109 cm³/mol. The molecule has 2 aliphatic heterocycles. The van der Waals surface area contributed by atoms with E-state index in [1.54, 1.807) is 0 Å². The van der Waals surface area contributed by atoms with E-state index in [0.717, 1.165) is 37.2 Å². The third kappa shape index (κ3) is 5.14. The number of hydrogen-bond acceptors (Lipinski definition) is 4. The summed E-state index contributed by atoms with van der Waals surface area (Å²) in [4.78, 5) is 6.08. The molecule has 3 atom stereocenters. The first-order chi connectivity index (χ1) is 15.6. The second-order valence-corrected chi connectivity index (χ2v) is 8.41. The molecule has 2 aliphatic rings. The maximum atomic E-state index is 13.1. The fraction of sp³-hybridized carbons (Fsp3) is 0.522. The summed E-state index contributed by atoms with van der Waals surface area (Å²) in [6.07, 6.45) is -4.81. The van der Waals surface area contributed by atoms with Crippen molar-refractivity contribution in [2.45, 2.75) is 69.6 Å². The van der Waals surface area contributed by atoms with E-state index in [1.807, 2.05) is 11.8 Å². The predicted octanol–water partition coefficient (Wildman–Crippen LogP) is 6.49. The lowest BCUT2D eigenvalue weighted by molar-refractivity contribution is -0.138. The number of hydrogen-bond donors (Lipinski definition) is 0. The Balaban J connectivity index is 1.48. The molecule has 3 heterocycles. The van der Waals surface area contributed by atoms with Crippen LogP contribution in [0.5, 0.6) is 11.5 Å². The van der Waals surface area contributed by atoms with E-state index in [2.05, 4.69) is 4.98 Å². The normalized spacial score (nSPS) is 23.0. The van der Waals surface area contributed by atoms with Crippen LogP contribution in [0, 0.1) is 0 Å². The van der Waals surface area contributed by atoms with Gasteiger partial charge in [-0.3, -0.25) is 0 Å². The van der Waals surface area contributed by atoms with Gasteiger partial charge in [0.05, 0.1) is 17.7 Å². The minimum Gasteiger partial charge on any atom is -0.490 e. The van der Waals surface area contributed by atoms with E-state index in [1.165, 1.54) is 12.1 Å². The summed E-state index contributed by atoms with van der Waals surface area (Å²) >= 11 is 0. The molecule has 0 N–H and O–H groups in total. The number of anilines is 1. The third-order valence-electron chi connectivity index (χ3n) is 6.06. The number of piperidine rings is 1. The van der Waals surface area contributed by atoms with Crippen molar-refractivity contribution < 1.29 is 35.8 Å². The highest BCUT2D eigenvalue weighted by Crippen LogP contribution is 2.42. The molecule has 1 aromatic carbocycles. The fourth-order valence-corrected chi connectivity index (χ4v) is 4.59. The van der Waals surface area contributed by atoms with Crippen LogP contribution in [0.25, 0.3) is 0 Å². The van der Waals surface area contributed by atoms with Crippen LogP contribution in [0.2, 0.25) is 0 Å². The second kappa shape index (κ2) is 8.95. The van der Waals surface area contributed by atoms with Gasteiger partial charge in [0.15, 0.2) is 11.5 Å². The first-order valence-electron chi connectivity index (χ1n) is 10.9. The Morgan fingerprint density at radius 1 is 0.909 bits per heavy atom. The van der Waals surface area contributed by atoms with Crippen LogP contribution in [0.1, 0.15) is 50.2 Å². The molecule has 0 radical (unpaired) electrons. The number of aromatic nitrogens is 1. The lowest BCUT2D eigenvalue weighted by atomic mass is 9.99. The van der Waals surface area contributed by atoms with Gasteiger partial charge in [-0.05, 0) is 49.6 Å². The van der Waals surface area contributed by atoms with Crippen molar-refractivity contribution in [3.05, 3.63) is 47.7 Å². The molecule has 33 heavy (non-hydrogen) atoms. The van der Waals surface area contributed by atoms with E-state index in [-0.39, 0.29) is 36.3 Å². The maximum Gasteiger partial charge on any atom is 0.417 e. The highest BCUT2D eigenvalue weighted by Gasteiger charge is 2.43. The van der Waals surface area contributed by atoms with Gasteiger partial charge in [-0.25, -0.2) is 4.98 Å². The highest BCUT2D eigenvalue weighted by molar-refractivity contribution is 5.46. The lowest BCUT2D eigenvalue weighted by Gasteiger charge is -2.39. The van der Waals surface area contributed by atoms with Crippen LogP contribution in [0.4, 0.5) is 32.2 Å². The number of rotatable bonds is 6. The summed E-state index contributed by atoms with van der Waals surface area (Å²) in [6.45, 7) is 2.12. The molecule has 2 unspecified atom stereocenters. The lowest BCUT2D eigenvalue weighted by Crippen LogP contribution is -2.46. The van der Waals surface area contributed by atoms with Crippen LogP contribution in [0.3, 0.4) is 0 Å². The summed E-state index contributed by atoms with van der Waals surface area (Å²) in [6, 6.07) is 5.72. The van der Waals surface area contributed by atoms with Crippen molar-refractivity contribution >= 4 is 5.82 Å². The van der Waals surface area contributed by atoms with E-state index in [9.17, 15) is 26.3 Å². The zero-order chi connectivity index (χ0) is 23.8. The molecule has 2 saturated heterocycles. The van der Waals surface area contributed by atoms with Gasteiger partial charge < -0.3 is 14.4 Å². The Morgan fingerprint density at radius 3 is 2.09 bits per heavy atom. The topological polar surface area (TPSA) is 34.6 Å². The van der Waals surface area contributed by atoms with Gasteiger partial charge in [0.25, 0.3) is 0 Å². The van der Waals surface area contributed by atoms with Gasteiger partial charge >= 0.3 is 12.4 Å². The van der Waals surface area contributed by atoms with E-state index in [4.69, 9.17) is 9.47 Å². The average molecular weight is 474 g/mol. The first kappa shape index (κ1) is 23.5. The molecule has 2 aromatic rings.